The number of rotatable bonds is 3. The first-order valence-electron chi connectivity index (χ1n) is 8.46. The van der Waals surface area contributed by atoms with Crippen molar-refractivity contribution in [1.82, 2.24) is 19.7 Å². The van der Waals surface area contributed by atoms with Crippen LogP contribution in [0, 0.1) is 0 Å². The molecule has 1 fully saturated rings. The summed E-state index contributed by atoms with van der Waals surface area (Å²) in [4.78, 5) is 20.3. The van der Waals surface area contributed by atoms with Gasteiger partial charge in [-0.3, -0.25) is 4.40 Å². The average molecular weight is 367 g/mol. The molecular formula is C17H23ClN4O3. The number of amides is 1. The molecule has 2 heterocycles. The zero-order valence-electron chi connectivity index (χ0n) is 14.7. The second-order valence-corrected chi connectivity index (χ2v) is 7.64. The molecule has 0 radical (unpaired) electrons. The van der Waals surface area contributed by atoms with E-state index in [4.69, 9.17) is 21.1 Å². The van der Waals surface area contributed by atoms with Gasteiger partial charge < -0.3 is 14.8 Å². The van der Waals surface area contributed by atoms with Crippen LogP contribution in [0.2, 0.25) is 5.15 Å². The molecule has 1 aliphatic rings. The summed E-state index contributed by atoms with van der Waals surface area (Å²) in [7, 11) is 0. The van der Waals surface area contributed by atoms with Gasteiger partial charge in [0.1, 0.15) is 22.5 Å². The van der Waals surface area contributed by atoms with Crippen molar-refractivity contribution in [2.75, 3.05) is 0 Å². The van der Waals surface area contributed by atoms with E-state index in [0.717, 1.165) is 25.7 Å². The number of nitrogens with one attached hydrogen (secondary N) is 1. The van der Waals surface area contributed by atoms with Crippen molar-refractivity contribution in [1.29, 1.82) is 0 Å². The van der Waals surface area contributed by atoms with Crippen LogP contribution in [-0.2, 0) is 4.74 Å². The molecule has 8 heteroatoms. The SMILES string of the molecule is CC(C)(C)OC(=O)NC1CCC(Oc2nc(Cl)cc3nccn23)CC1. The minimum Gasteiger partial charge on any atom is -0.461 e. The van der Waals surface area contributed by atoms with Crippen molar-refractivity contribution in [2.45, 2.75) is 64.2 Å². The maximum Gasteiger partial charge on any atom is 0.407 e. The van der Waals surface area contributed by atoms with Gasteiger partial charge in [-0.05, 0) is 46.5 Å². The van der Waals surface area contributed by atoms with Crippen LogP contribution in [0.3, 0.4) is 0 Å². The zero-order chi connectivity index (χ0) is 18.0. The molecule has 1 N–H and O–H groups in total. The summed E-state index contributed by atoms with van der Waals surface area (Å²) in [6.45, 7) is 5.56. The van der Waals surface area contributed by atoms with Gasteiger partial charge in [-0.2, -0.15) is 4.98 Å². The number of alkyl carbamates (subject to hydrolysis) is 1. The third-order valence-electron chi connectivity index (χ3n) is 3.99. The minimum atomic E-state index is -0.487. The molecule has 0 spiro atoms. The summed E-state index contributed by atoms with van der Waals surface area (Å²) in [5.41, 5.74) is 0.217. The van der Waals surface area contributed by atoms with E-state index in [1.807, 2.05) is 20.8 Å². The van der Waals surface area contributed by atoms with Crippen LogP contribution in [0.4, 0.5) is 4.79 Å². The van der Waals surface area contributed by atoms with Crippen LogP contribution < -0.4 is 10.1 Å². The number of imidazole rings is 1. The molecule has 3 rings (SSSR count). The molecule has 0 saturated heterocycles. The first-order chi connectivity index (χ1) is 11.8. The van der Waals surface area contributed by atoms with Crippen molar-refractivity contribution in [3.05, 3.63) is 23.6 Å². The van der Waals surface area contributed by atoms with E-state index in [2.05, 4.69) is 15.3 Å². The fourth-order valence-electron chi connectivity index (χ4n) is 2.90. The monoisotopic (exact) mass is 366 g/mol. The van der Waals surface area contributed by atoms with Crippen LogP contribution in [0.5, 0.6) is 6.01 Å². The second kappa shape index (κ2) is 7.07. The summed E-state index contributed by atoms with van der Waals surface area (Å²) in [6, 6.07) is 2.25. The lowest BCUT2D eigenvalue weighted by atomic mass is 9.93. The number of carbonyl (C=O) groups excluding carboxylic acids is 1. The van der Waals surface area contributed by atoms with Crippen molar-refractivity contribution in [3.8, 4) is 6.01 Å². The van der Waals surface area contributed by atoms with Crippen LogP contribution in [0.1, 0.15) is 46.5 Å². The summed E-state index contributed by atoms with van der Waals surface area (Å²) in [6.07, 6.45) is 6.46. The Kier molecular flexibility index (Phi) is 5.03. The maximum atomic E-state index is 11.9. The van der Waals surface area contributed by atoms with E-state index < -0.39 is 5.60 Å². The molecule has 0 atom stereocenters. The van der Waals surface area contributed by atoms with Crippen LogP contribution >= 0.6 is 11.6 Å². The Balaban J connectivity index is 1.54. The van der Waals surface area contributed by atoms with E-state index in [1.165, 1.54) is 0 Å². The van der Waals surface area contributed by atoms with E-state index >= 15 is 0 Å². The number of aromatic nitrogens is 3. The molecule has 7 nitrogen and oxygen atoms in total. The Morgan fingerprint density at radius 1 is 1.32 bits per heavy atom. The van der Waals surface area contributed by atoms with E-state index in [0.29, 0.717) is 16.8 Å². The number of hydrogen-bond donors (Lipinski definition) is 1. The number of ether oxygens (including phenoxy) is 2. The second-order valence-electron chi connectivity index (χ2n) is 7.25. The van der Waals surface area contributed by atoms with Crippen LogP contribution in [-0.4, -0.2) is 38.2 Å². The van der Waals surface area contributed by atoms with E-state index in [1.54, 1.807) is 22.9 Å². The lowest BCUT2D eigenvalue weighted by Gasteiger charge is -2.30. The van der Waals surface area contributed by atoms with Gasteiger partial charge in [0.15, 0.2) is 0 Å². The van der Waals surface area contributed by atoms with Crippen molar-refractivity contribution in [2.24, 2.45) is 0 Å². The van der Waals surface area contributed by atoms with Gasteiger partial charge in [0.2, 0.25) is 0 Å². The van der Waals surface area contributed by atoms with Gasteiger partial charge in [0.05, 0.1) is 0 Å². The predicted molar refractivity (Wildman–Crippen MR) is 94.0 cm³/mol. The van der Waals surface area contributed by atoms with Gasteiger partial charge in [-0.1, -0.05) is 11.6 Å². The van der Waals surface area contributed by atoms with Gasteiger partial charge in [-0.15, -0.1) is 0 Å². The van der Waals surface area contributed by atoms with Gasteiger partial charge in [0, 0.05) is 24.5 Å². The lowest BCUT2D eigenvalue weighted by molar-refractivity contribution is 0.0467. The molecule has 0 aliphatic heterocycles. The fraction of sp³-hybridized carbons (Fsp3) is 0.588. The summed E-state index contributed by atoms with van der Waals surface area (Å²) < 4.78 is 13.1. The molecule has 2 aromatic heterocycles. The number of fused-ring (bicyclic) bond motifs is 1. The standard InChI is InChI=1S/C17H23ClN4O3/c1-17(2,3)25-16(23)20-11-4-6-12(7-5-11)24-15-21-13(18)10-14-19-8-9-22(14)15/h8-12H,4-7H2,1-3H3,(H,20,23). The van der Waals surface area contributed by atoms with Crippen molar-refractivity contribution >= 4 is 23.3 Å². The van der Waals surface area contributed by atoms with Crippen LogP contribution in [0.15, 0.2) is 18.5 Å². The Morgan fingerprint density at radius 2 is 2.04 bits per heavy atom. The quantitative estimate of drug-likeness (QED) is 0.840. The third kappa shape index (κ3) is 4.75. The molecule has 1 aliphatic carbocycles. The summed E-state index contributed by atoms with van der Waals surface area (Å²) in [5, 5.41) is 3.28. The highest BCUT2D eigenvalue weighted by Crippen LogP contribution is 2.25. The highest BCUT2D eigenvalue weighted by Gasteiger charge is 2.26. The molecule has 0 bridgehead atoms. The molecule has 25 heavy (non-hydrogen) atoms. The Bertz CT molecular complexity index is 748. The molecule has 1 amide bonds. The first kappa shape index (κ1) is 17.8. The molecular weight excluding hydrogens is 344 g/mol. The Morgan fingerprint density at radius 3 is 2.72 bits per heavy atom. The first-order valence-corrected chi connectivity index (χ1v) is 8.84. The van der Waals surface area contributed by atoms with Crippen molar-refractivity contribution in [3.63, 3.8) is 0 Å². The minimum absolute atomic E-state index is 0.0354. The highest BCUT2D eigenvalue weighted by molar-refractivity contribution is 6.29. The molecule has 136 valence electrons. The number of hydrogen-bond acceptors (Lipinski definition) is 5. The fourth-order valence-corrected chi connectivity index (χ4v) is 3.07. The topological polar surface area (TPSA) is 77.8 Å². The Labute approximate surface area is 151 Å². The normalized spacial score (nSPS) is 21.1. The molecule has 2 aromatic rings. The molecule has 0 aromatic carbocycles. The summed E-state index contributed by atoms with van der Waals surface area (Å²) in [5.74, 6) is 0. The summed E-state index contributed by atoms with van der Waals surface area (Å²) >= 11 is 6.03. The zero-order valence-corrected chi connectivity index (χ0v) is 15.4. The molecule has 1 saturated carbocycles. The maximum absolute atomic E-state index is 11.9. The number of carbonyl (C=O) groups is 1. The van der Waals surface area contributed by atoms with E-state index in [9.17, 15) is 4.79 Å². The van der Waals surface area contributed by atoms with Crippen LogP contribution in [0.25, 0.3) is 5.65 Å². The van der Waals surface area contributed by atoms with Gasteiger partial charge in [-0.25, -0.2) is 9.78 Å². The van der Waals surface area contributed by atoms with Gasteiger partial charge in [0.25, 0.3) is 0 Å². The lowest BCUT2D eigenvalue weighted by Crippen LogP contribution is -2.42. The number of nitrogens with zero attached hydrogens (tertiary/aromatic N) is 3. The van der Waals surface area contributed by atoms with Gasteiger partial charge >= 0.3 is 12.1 Å². The largest absolute Gasteiger partial charge is 0.461 e. The predicted octanol–water partition coefficient (Wildman–Crippen LogP) is 3.60. The van der Waals surface area contributed by atoms with Crippen molar-refractivity contribution < 1.29 is 14.3 Å². The molecule has 0 unspecified atom stereocenters. The Hall–Kier alpha value is -2.02. The average Bonchev–Trinajstić information content (AvgIpc) is 2.95. The third-order valence-corrected chi connectivity index (χ3v) is 4.19. The highest BCUT2D eigenvalue weighted by atomic mass is 35.5. The van der Waals surface area contributed by atoms with E-state index in [-0.39, 0.29) is 18.2 Å². The smallest absolute Gasteiger partial charge is 0.407 e. The number of halogens is 1.